The second-order valence-electron chi connectivity index (χ2n) is 6.58. The Hall–Kier alpha value is -2.37. The van der Waals surface area contributed by atoms with Crippen LogP contribution in [0, 0.1) is 0 Å². The molecule has 1 aromatic heterocycles. The molecule has 1 heterocycles. The lowest BCUT2D eigenvalue weighted by Crippen LogP contribution is -1.96. The van der Waals surface area contributed by atoms with Crippen LogP contribution < -0.4 is 9.47 Å². The van der Waals surface area contributed by atoms with Crippen LogP contribution in [-0.4, -0.2) is 17.1 Å². The molecule has 0 radical (unpaired) electrons. The second-order valence-corrected chi connectivity index (χ2v) is 7.89. The van der Waals surface area contributed by atoms with Gasteiger partial charge in [0.1, 0.15) is 23.9 Å². The summed E-state index contributed by atoms with van der Waals surface area (Å²) in [7, 11) is 1.62. The van der Waals surface area contributed by atoms with Crippen LogP contribution in [-0.2, 0) is 6.61 Å². The molecule has 0 saturated carbocycles. The molecule has 0 bridgehead atoms. The van der Waals surface area contributed by atoms with Gasteiger partial charge >= 0.3 is 0 Å². The minimum atomic E-state index is 0. The first-order valence-electron chi connectivity index (χ1n) is 9.09. The van der Waals surface area contributed by atoms with Crippen molar-refractivity contribution in [2.75, 3.05) is 7.11 Å². The van der Waals surface area contributed by atoms with Gasteiger partial charge in [0.05, 0.1) is 19.0 Å². The number of benzene rings is 3. The highest BCUT2D eigenvalue weighted by molar-refractivity contribution is 6.35. The lowest BCUT2D eigenvalue weighted by molar-refractivity contribution is 0.304. The molecule has 4 rings (SSSR count). The van der Waals surface area contributed by atoms with Gasteiger partial charge in [-0.25, -0.2) is 4.98 Å². The largest absolute Gasteiger partial charge is 0.496 e. The molecule has 0 fully saturated rings. The fourth-order valence-electron chi connectivity index (χ4n) is 3.03. The van der Waals surface area contributed by atoms with Gasteiger partial charge in [-0.3, -0.25) is 0 Å². The zero-order valence-electron chi connectivity index (χ0n) is 16.4. The second kappa shape index (κ2) is 10.3. The van der Waals surface area contributed by atoms with Crippen LogP contribution >= 0.6 is 47.2 Å². The number of aromatic nitrogens is 2. The van der Waals surface area contributed by atoms with Crippen molar-refractivity contribution in [2.45, 2.75) is 6.61 Å². The number of methoxy groups -OCH3 is 1. The van der Waals surface area contributed by atoms with E-state index in [1.807, 2.05) is 42.5 Å². The van der Waals surface area contributed by atoms with Crippen molar-refractivity contribution in [3.63, 3.8) is 0 Å². The summed E-state index contributed by atoms with van der Waals surface area (Å²) in [6, 6.07) is 18.5. The Kier molecular flexibility index (Phi) is 7.74. The minimum absolute atomic E-state index is 0. The molecule has 0 spiro atoms. The van der Waals surface area contributed by atoms with Crippen LogP contribution in [0.1, 0.15) is 5.56 Å². The van der Waals surface area contributed by atoms with E-state index in [0.29, 0.717) is 39.0 Å². The monoisotopic (exact) mass is 494 g/mol. The highest BCUT2D eigenvalue weighted by Crippen LogP contribution is 2.34. The van der Waals surface area contributed by atoms with Gasteiger partial charge in [0, 0.05) is 32.3 Å². The zero-order chi connectivity index (χ0) is 21.1. The Morgan fingerprint density at radius 2 is 1.58 bits per heavy atom. The lowest BCUT2D eigenvalue weighted by Gasteiger charge is -2.11. The molecule has 160 valence electrons. The van der Waals surface area contributed by atoms with Crippen LogP contribution in [0.3, 0.4) is 0 Å². The molecule has 0 aliphatic heterocycles. The molecule has 0 aliphatic carbocycles. The predicted molar refractivity (Wildman–Crippen MR) is 129 cm³/mol. The third kappa shape index (κ3) is 5.66. The molecule has 0 amide bonds. The van der Waals surface area contributed by atoms with Crippen molar-refractivity contribution in [1.29, 1.82) is 0 Å². The van der Waals surface area contributed by atoms with E-state index in [9.17, 15) is 0 Å². The van der Waals surface area contributed by atoms with Crippen molar-refractivity contribution in [2.24, 2.45) is 0 Å². The van der Waals surface area contributed by atoms with Gasteiger partial charge in [-0.2, -0.15) is 0 Å². The number of halogens is 4. The minimum Gasteiger partial charge on any atom is -0.496 e. The summed E-state index contributed by atoms with van der Waals surface area (Å²) < 4.78 is 11.5. The number of rotatable bonds is 6. The van der Waals surface area contributed by atoms with Crippen molar-refractivity contribution in [1.82, 2.24) is 9.97 Å². The third-order valence-corrected chi connectivity index (χ3v) is 5.18. The summed E-state index contributed by atoms with van der Waals surface area (Å²) in [6.07, 6.45) is 1.75. The van der Waals surface area contributed by atoms with Gasteiger partial charge in [0.2, 0.25) is 0 Å². The van der Waals surface area contributed by atoms with Gasteiger partial charge in [-0.1, -0.05) is 46.9 Å². The third-order valence-electron chi connectivity index (χ3n) is 4.49. The predicted octanol–water partition coefficient (Wildman–Crippen LogP) is 7.71. The number of nitrogens with one attached hydrogen (secondary N) is 1. The molecular weight excluding hydrogens is 478 g/mol. The molecule has 4 nitrogen and oxygen atoms in total. The summed E-state index contributed by atoms with van der Waals surface area (Å²) >= 11 is 18.1. The standard InChI is InChI=1S/C23H17Cl3N2O2.ClH/c1-29-22-11-19(30-13-14-2-4-16(24)5-3-14)6-7-20(22)21-12-27-23(28-21)15-8-17(25)10-18(26)9-15;/h2-12H,13H2,1H3,(H,27,28);1H. The summed E-state index contributed by atoms with van der Waals surface area (Å²) in [5.41, 5.74) is 3.51. The van der Waals surface area contributed by atoms with Crippen LogP contribution in [0.25, 0.3) is 22.6 Å². The van der Waals surface area contributed by atoms with Crippen molar-refractivity contribution in [3.8, 4) is 34.1 Å². The average Bonchev–Trinajstić information content (AvgIpc) is 3.22. The molecule has 1 N–H and O–H groups in total. The first kappa shape index (κ1) is 23.3. The van der Waals surface area contributed by atoms with Crippen molar-refractivity contribution >= 4 is 47.2 Å². The number of hydrogen-bond donors (Lipinski definition) is 1. The molecule has 0 aliphatic rings. The van der Waals surface area contributed by atoms with Crippen molar-refractivity contribution < 1.29 is 9.47 Å². The van der Waals surface area contributed by atoms with E-state index >= 15 is 0 Å². The first-order chi connectivity index (χ1) is 14.5. The van der Waals surface area contributed by atoms with Crippen LogP contribution in [0.2, 0.25) is 15.1 Å². The Balaban J connectivity index is 0.00000272. The van der Waals surface area contributed by atoms with E-state index in [1.165, 1.54) is 0 Å². The normalized spacial score (nSPS) is 10.5. The Labute approximate surface area is 201 Å². The summed E-state index contributed by atoms with van der Waals surface area (Å²) in [6.45, 7) is 0.434. The number of hydrogen-bond acceptors (Lipinski definition) is 3. The molecule has 0 saturated heterocycles. The Morgan fingerprint density at radius 3 is 2.26 bits per heavy atom. The van der Waals surface area contributed by atoms with Crippen LogP contribution in [0.5, 0.6) is 11.5 Å². The number of H-pyrrole nitrogens is 1. The van der Waals surface area contributed by atoms with Gasteiger partial charge in [-0.05, 0) is 48.0 Å². The highest BCUT2D eigenvalue weighted by atomic mass is 35.5. The van der Waals surface area contributed by atoms with Gasteiger partial charge < -0.3 is 14.5 Å². The first-order valence-corrected chi connectivity index (χ1v) is 10.2. The maximum Gasteiger partial charge on any atom is 0.137 e. The molecule has 0 unspecified atom stereocenters. The summed E-state index contributed by atoms with van der Waals surface area (Å²) in [4.78, 5) is 7.75. The fourth-order valence-corrected chi connectivity index (χ4v) is 3.68. The van der Waals surface area contributed by atoms with E-state index in [-0.39, 0.29) is 12.4 Å². The Bertz CT molecular complexity index is 1160. The van der Waals surface area contributed by atoms with Crippen LogP contribution in [0.4, 0.5) is 0 Å². The molecule has 31 heavy (non-hydrogen) atoms. The fraction of sp³-hybridized carbons (Fsp3) is 0.0870. The molecule has 3 aromatic carbocycles. The van der Waals surface area contributed by atoms with Gasteiger partial charge in [0.15, 0.2) is 0 Å². The summed E-state index contributed by atoms with van der Waals surface area (Å²) in [5.74, 6) is 2.04. The van der Waals surface area contributed by atoms with Crippen molar-refractivity contribution in [3.05, 3.63) is 87.5 Å². The van der Waals surface area contributed by atoms with Crippen LogP contribution in [0.15, 0.2) is 66.9 Å². The van der Waals surface area contributed by atoms with Gasteiger partial charge in [0.25, 0.3) is 0 Å². The molecule has 8 heteroatoms. The van der Waals surface area contributed by atoms with Gasteiger partial charge in [-0.15, -0.1) is 12.4 Å². The quantitative estimate of drug-likeness (QED) is 0.298. The Morgan fingerprint density at radius 1 is 0.871 bits per heavy atom. The van der Waals surface area contributed by atoms with E-state index in [4.69, 9.17) is 44.3 Å². The number of imidazole rings is 1. The number of ether oxygens (including phenoxy) is 2. The maximum atomic E-state index is 6.10. The van der Waals surface area contributed by atoms with E-state index in [1.54, 1.807) is 31.5 Å². The number of aromatic amines is 1. The van der Waals surface area contributed by atoms with E-state index in [2.05, 4.69) is 9.97 Å². The molecule has 0 atom stereocenters. The van der Waals surface area contributed by atoms with E-state index < -0.39 is 0 Å². The SMILES string of the molecule is COc1cc(OCc2ccc(Cl)cc2)ccc1-c1cnc(-c2cc(Cl)cc(Cl)c2)[nH]1.Cl. The molecular formula is C23H18Cl4N2O2. The lowest BCUT2D eigenvalue weighted by atomic mass is 10.1. The zero-order valence-corrected chi connectivity index (χ0v) is 19.4. The topological polar surface area (TPSA) is 47.1 Å². The molecule has 4 aromatic rings. The highest BCUT2D eigenvalue weighted by Gasteiger charge is 2.12. The average molecular weight is 496 g/mol. The maximum absolute atomic E-state index is 6.10. The van der Waals surface area contributed by atoms with E-state index in [0.717, 1.165) is 22.4 Å². The number of nitrogens with zero attached hydrogens (tertiary/aromatic N) is 1. The summed E-state index contributed by atoms with van der Waals surface area (Å²) in [5, 5.41) is 1.80. The smallest absolute Gasteiger partial charge is 0.137 e.